The number of benzene rings is 2. The smallest absolute Gasteiger partial charge is 0.138 e. The van der Waals surface area contributed by atoms with Gasteiger partial charge in [0, 0.05) is 16.6 Å². The summed E-state index contributed by atoms with van der Waals surface area (Å²) in [5.74, 6) is 0.252. The Hall–Kier alpha value is -1.10. The van der Waals surface area contributed by atoms with Crippen LogP contribution in [0.3, 0.4) is 0 Å². The van der Waals surface area contributed by atoms with Gasteiger partial charge >= 0.3 is 0 Å². The van der Waals surface area contributed by atoms with E-state index in [0.717, 1.165) is 16.6 Å². The molecule has 0 spiro atoms. The van der Waals surface area contributed by atoms with E-state index >= 15 is 0 Å². The predicted molar refractivity (Wildman–Crippen MR) is 82.6 cm³/mol. The van der Waals surface area contributed by atoms with Gasteiger partial charge in [-0.1, -0.05) is 33.6 Å². The number of nitrogens with one attached hydrogen (secondary N) is 1. The topological polar surface area (TPSA) is 21.3 Å². The molecule has 0 atom stereocenters. The molecule has 2 aromatic carbocycles. The Balaban J connectivity index is 2.09. The summed E-state index contributed by atoms with van der Waals surface area (Å²) >= 11 is 9.46. The highest BCUT2D eigenvalue weighted by atomic mass is 79.9. The number of halogens is 3. The molecule has 0 amide bonds. The highest BCUT2D eigenvalue weighted by molar-refractivity contribution is 9.10. The summed E-state index contributed by atoms with van der Waals surface area (Å²) in [6.07, 6.45) is 0. The van der Waals surface area contributed by atoms with Crippen LogP contribution in [0.25, 0.3) is 0 Å². The molecule has 0 fully saturated rings. The van der Waals surface area contributed by atoms with Crippen molar-refractivity contribution in [1.29, 1.82) is 0 Å². The molecule has 106 valence electrons. The van der Waals surface area contributed by atoms with Gasteiger partial charge in [0.2, 0.25) is 0 Å². The van der Waals surface area contributed by atoms with Crippen molar-refractivity contribution in [3.63, 3.8) is 0 Å². The molecule has 2 rings (SSSR count). The molecule has 0 bridgehead atoms. The lowest BCUT2D eigenvalue weighted by Crippen LogP contribution is -2.05. The zero-order valence-corrected chi connectivity index (χ0v) is 13.3. The van der Waals surface area contributed by atoms with Gasteiger partial charge in [-0.25, -0.2) is 4.39 Å². The first-order valence-electron chi connectivity index (χ1n) is 6.10. The van der Waals surface area contributed by atoms with Crippen molar-refractivity contribution in [3.05, 3.63) is 62.8 Å². The Bertz CT molecular complexity index is 606. The van der Waals surface area contributed by atoms with E-state index < -0.39 is 0 Å². The van der Waals surface area contributed by atoms with Gasteiger partial charge < -0.3 is 10.1 Å². The maximum atomic E-state index is 13.6. The third kappa shape index (κ3) is 3.95. The van der Waals surface area contributed by atoms with Crippen LogP contribution in [0.1, 0.15) is 11.1 Å². The van der Waals surface area contributed by atoms with Gasteiger partial charge in [-0.15, -0.1) is 0 Å². The zero-order valence-electron chi connectivity index (χ0n) is 10.9. The second-order valence-electron chi connectivity index (χ2n) is 4.32. The van der Waals surface area contributed by atoms with Crippen LogP contribution in [0.5, 0.6) is 5.75 Å². The van der Waals surface area contributed by atoms with Gasteiger partial charge in [0.25, 0.3) is 0 Å². The fraction of sp³-hybridized carbons (Fsp3) is 0.200. The lowest BCUT2D eigenvalue weighted by Gasteiger charge is -2.10. The summed E-state index contributed by atoms with van der Waals surface area (Å²) in [7, 11) is 1.87. The Morgan fingerprint density at radius 3 is 2.75 bits per heavy atom. The maximum Gasteiger partial charge on any atom is 0.138 e. The van der Waals surface area contributed by atoms with E-state index in [0.29, 0.717) is 16.3 Å². The summed E-state index contributed by atoms with van der Waals surface area (Å²) in [6, 6.07) is 10.3. The molecule has 0 saturated carbocycles. The van der Waals surface area contributed by atoms with Crippen LogP contribution >= 0.6 is 27.5 Å². The van der Waals surface area contributed by atoms with Crippen LogP contribution in [0.2, 0.25) is 5.02 Å². The monoisotopic (exact) mass is 357 g/mol. The maximum absolute atomic E-state index is 13.6. The van der Waals surface area contributed by atoms with Crippen LogP contribution in [0, 0.1) is 5.82 Å². The molecule has 0 aliphatic rings. The van der Waals surface area contributed by atoms with E-state index in [1.807, 2.05) is 19.2 Å². The van der Waals surface area contributed by atoms with Gasteiger partial charge in [0.1, 0.15) is 18.2 Å². The lowest BCUT2D eigenvalue weighted by atomic mass is 10.2. The van der Waals surface area contributed by atoms with Crippen molar-refractivity contribution < 1.29 is 9.13 Å². The molecule has 0 radical (unpaired) electrons. The number of hydrogen-bond acceptors (Lipinski definition) is 2. The second kappa shape index (κ2) is 7.07. The third-order valence-corrected chi connectivity index (χ3v) is 3.56. The SMILES string of the molecule is CNCc1ccc(OCc2cc(Br)ccc2F)c(Cl)c1. The Kier molecular flexibility index (Phi) is 5.40. The quantitative estimate of drug-likeness (QED) is 0.847. The first-order chi connectivity index (χ1) is 9.60. The van der Waals surface area contributed by atoms with E-state index in [2.05, 4.69) is 21.2 Å². The molecule has 1 N–H and O–H groups in total. The normalized spacial score (nSPS) is 10.6. The van der Waals surface area contributed by atoms with Crippen LogP contribution in [-0.4, -0.2) is 7.05 Å². The van der Waals surface area contributed by atoms with Crippen LogP contribution in [-0.2, 0) is 13.2 Å². The van der Waals surface area contributed by atoms with Crippen molar-refractivity contribution in [2.75, 3.05) is 7.05 Å². The minimum atomic E-state index is -0.295. The second-order valence-corrected chi connectivity index (χ2v) is 5.64. The third-order valence-electron chi connectivity index (χ3n) is 2.77. The van der Waals surface area contributed by atoms with Gasteiger partial charge in [-0.05, 0) is 42.9 Å². The molecule has 2 aromatic rings. The van der Waals surface area contributed by atoms with Gasteiger partial charge in [0.05, 0.1) is 5.02 Å². The van der Waals surface area contributed by atoms with Gasteiger partial charge in [-0.3, -0.25) is 0 Å². The van der Waals surface area contributed by atoms with Crippen LogP contribution in [0.15, 0.2) is 40.9 Å². The molecule has 0 unspecified atom stereocenters. The highest BCUT2D eigenvalue weighted by Crippen LogP contribution is 2.27. The number of hydrogen-bond donors (Lipinski definition) is 1. The number of rotatable bonds is 5. The van der Waals surface area contributed by atoms with Gasteiger partial charge in [0.15, 0.2) is 0 Å². The Labute approximate surface area is 131 Å². The van der Waals surface area contributed by atoms with Crippen molar-refractivity contribution >= 4 is 27.5 Å². The first kappa shape index (κ1) is 15.3. The standard InChI is InChI=1S/C15H14BrClFNO/c1-19-8-10-2-5-15(13(17)6-10)20-9-11-7-12(16)3-4-14(11)18/h2-7,19H,8-9H2,1H3. The molecule has 0 heterocycles. The molecule has 20 heavy (non-hydrogen) atoms. The summed E-state index contributed by atoms with van der Waals surface area (Å²) in [6.45, 7) is 0.872. The van der Waals surface area contributed by atoms with Crippen LogP contribution in [0.4, 0.5) is 4.39 Å². The van der Waals surface area contributed by atoms with Crippen LogP contribution < -0.4 is 10.1 Å². The molecule has 5 heteroatoms. The zero-order chi connectivity index (χ0) is 14.5. The minimum absolute atomic E-state index is 0.135. The molecule has 0 aliphatic heterocycles. The summed E-state index contributed by atoms with van der Waals surface area (Å²) in [4.78, 5) is 0. The van der Waals surface area contributed by atoms with Crippen molar-refractivity contribution in [2.45, 2.75) is 13.2 Å². The Morgan fingerprint density at radius 2 is 2.05 bits per heavy atom. The van der Waals surface area contributed by atoms with Crippen molar-refractivity contribution in [2.24, 2.45) is 0 Å². The summed E-state index contributed by atoms with van der Waals surface area (Å²) in [5.41, 5.74) is 1.55. The average Bonchev–Trinajstić information content (AvgIpc) is 2.42. The molecular weight excluding hydrogens is 345 g/mol. The first-order valence-corrected chi connectivity index (χ1v) is 7.27. The van der Waals surface area contributed by atoms with E-state index in [1.54, 1.807) is 18.2 Å². The summed E-state index contributed by atoms with van der Waals surface area (Å²) < 4.78 is 20.0. The lowest BCUT2D eigenvalue weighted by molar-refractivity contribution is 0.300. The largest absolute Gasteiger partial charge is 0.487 e. The molecule has 2 nitrogen and oxygen atoms in total. The molecular formula is C15H14BrClFNO. The fourth-order valence-corrected chi connectivity index (χ4v) is 2.45. The average molecular weight is 359 g/mol. The summed E-state index contributed by atoms with van der Waals surface area (Å²) in [5, 5.41) is 3.57. The Morgan fingerprint density at radius 1 is 1.25 bits per heavy atom. The molecule has 0 aliphatic carbocycles. The van der Waals surface area contributed by atoms with Crippen molar-refractivity contribution in [3.8, 4) is 5.75 Å². The molecule has 0 aromatic heterocycles. The predicted octanol–water partition coefficient (Wildman–Crippen LogP) is 4.54. The fourth-order valence-electron chi connectivity index (χ4n) is 1.78. The van der Waals surface area contributed by atoms with E-state index in [9.17, 15) is 4.39 Å². The number of ether oxygens (including phenoxy) is 1. The van der Waals surface area contributed by atoms with Gasteiger partial charge in [-0.2, -0.15) is 0 Å². The minimum Gasteiger partial charge on any atom is -0.487 e. The van der Waals surface area contributed by atoms with E-state index in [-0.39, 0.29) is 12.4 Å². The van der Waals surface area contributed by atoms with E-state index in [4.69, 9.17) is 16.3 Å². The van der Waals surface area contributed by atoms with E-state index in [1.165, 1.54) is 6.07 Å². The highest BCUT2D eigenvalue weighted by Gasteiger charge is 2.07. The van der Waals surface area contributed by atoms with Crippen molar-refractivity contribution in [1.82, 2.24) is 5.32 Å². The molecule has 0 saturated heterocycles.